The standard InChI is InChI=1S/C14H21NO/c1-10-4-3-5-13(11(10)2)14(15)8-12-6-7-16-9-12/h3-5,12,14H,6-9,15H2,1-2H3. The van der Waals surface area contributed by atoms with Crippen molar-refractivity contribution in [2.75, 3.05) is 13.2 Å². The maximum Gasteiger partial charge on any atom is 0.0495 e. The van der Waals surface area contributed by atoms with Crippen LogP contribution in [0.2, 0.25) is 0 Å². The molecule has 1 aliphatic rings. The summed E-state index contributed by atoms with van der Waals surface area (Å²) < 4.78 is 5.39. The van der Waals surface area contributed by atoms with E-state index in [0.29, 0.717) is 5.92 Å². The molecule has 1 heterocycles. The summed E-state index contributed by atoms with van der Waals surface area (Å²) in [5.74, 6) is 0.648. The van der Waals surface area contributed by atoms with E-state index in [0.717, 1.165) is 19.6 Å². The smallest absolute Gasteiger partial charge is 0.0495 e. The van der Waals surface area contributed by atoms with Crippen LogP contribution in [0.25, 0.3) is 0 Å². The molecule has 2 nitrogen and oxygen atoms in total. The number of rotatable bonds is 3. The first-order valence-electron chi connectivity index (χ1n) is 6.08. The minimum Gasteiger partial charge on any atom is -0.381 e. The van der Waals surface area contributed by atoms with Crippen LogP contribution in [-0.4, -0.2) is 13.2 Å². The van der Waals surface area contributed by atoms with Gasteiger partial charge in [-0.1, -0.05) is 18.2 Å². The second-order valence-electron chi connectivity index (χ2n) is 4.86. The Morgan fingerprint density at radius 3 is 2.94 bits per heavy atom. The Hall–Kier alpha value is -0.860. The van der Waals surface area contributed by atoms with Gasteiger partial charge in [0, 0.05) is 19.3 Å². The molecule has 88 valence electrons. The molecule has 1 aromatic carbocycles. The van der Waals surface area contributed by atoms with Gasteiger partial charge in [-0.05, 0) is 49.3 Å². The molecule has 0 spiro atoms. The molecule has 2 N–H and O–H groups in total. The zero-order valence-corrected chi connectivity index (χ0v) is 10.2. The largest absolute Gasteiger partial charge is 0.381 e. The number of nitrogens with two attached hydrogens (primary N) is 1. The Labute approximate surface area is 97.8 Å². The summed E-state index contributed by atoms with van der Waals surface area (Å²) in [6.07, 6.45) is 2.21. The van der Waals surface area contributed by atoms with E-state index in [2.05, 4.69) is 32.0 Å². The van der Waals surface area contributed by atoms with Crippen LogP contribution in [-0.2, 0) is 4.74 Å². The van der Waals surface area contributed by atoms with Gasteiger partial charge in [-0.3, -0.25) is 0 Å². The van der Waals surface area contributed by atoms with E-state index in [1.54, 1.807) is 0 Å². The van der Waals surface area contributed by atoms with Gasteiger partial charge in [0.2, 0.25) is 0 Å². The topological polar surface area (TPSA) is 35.2 Å². The third-order valence-corrected chi connectivity index (χ3v) is 3.66. The van der Waals surface area contributed by atoms with Crippen molar-refractivity contribution in [1.29, 1.82) is 0 Å². The van der Waals surface area contributed by atoms with Crippen LogP contribution in [0.1, 0.15) is 35.6 Å². The summed E-state index contributed by atoms with van der Waals surface area (Å²) in [6, 6.07) is 6.56. The van der Waals surface area contributed by atoms with Crippen LogP contribution in [0.5, 0.6) is 0 Å². The zero-order valence-electron chi connectivity index (χ0n) is 10.2. The first-order valence-corrected chi connectivity index (χ1v) is 6.08. The summed E-state index contributed by atoms with van der Waals surface area (Å²) >= 11 is 0. The number of benzene rings is 1. The predicted molar refractivity (Wildman–Crippen MR) is 66.4 cm³/mol. The summed E-state index contributed by atoms with van der Waals surface area (Å²) in [4.78, 5) is 0. The first-order chi connectivity index (χ1) is 7.68. The van der Waals surface area contributed by atoms with Crippen LogP contribution in [0.15, 0.2) is 18.2 Å². The Morgan fingerprint density at radius 1 is 1.44 bits per heavy atom. The Morgan fingerprint density at radius 2 is 2.25 bits per heavy atom. The van der Waals surface area contributed by atoms with E-state index in [1.807, 2.05) is 0 Å². The highest BCUT2D eigenvalue weighted by atomic mass is 16.5. The summed E-state index contributed by atoms with van der Waals surface area (Å²) in [5.41, 5.74) is 10.3. The van der Waals surface area contributed by atoms with Crippen LogP contribution < -0.4 is 5.73 Å². The van der Waals surface area contributed by atoms with Gasteiger partial charge in [0.05, 0.1) is 0 Å². The molecule has 0 radical (unpaired) electrons. The summed E-state index contributed by atoms with van der Waals surface area (Å²) in [5, 5.41) is 0. The van der Waals surface area contributed by atoms with Crippen molar-refractivity contribution < 1.29 is 4.74 Å². The average molecular weight is 219 g/mol. The van der Waals surface area contributed by atoms with E-state index in [1.165, 1.54) is 23.1 Å². The third kappa shape index (κ3) is 2.45. The minimum absolute atomic E-state index is 0.159. The molecule has 1 fully saturated rings. The maximum atomic E-state index is 6.29. The molecular formula is C14H21NO. The van der Waals surface area contributed by atoms with Crippen molar-refractivity contribution in [3.63, 3.8) is 0 Å². The molecule has 2 rings (SSSR count). The second kappa shape index (κ2) is 4.98. The van der Waals surface area contributed by atoms with Gasteiger partial charge in [0.25, 0.3) is 0 Å². The lowest BCUT2D eigenvalue weighted by Crippen LogP contribution is -2.17. The van der Waals surface area contributed by atoms with Gasteiger partial charge in [-0.25, -0.2) is 0 Å². The molecule has 0 amide bonds. The number of hydrogen-bond donors (Lipinski definition) is 1. The Kier molecular flexibility index (Phi) is 3.62. The van der Waals surface area contributed by atoms with Gasteiger partial charge in [-0.2, -0.15) is 0 Å². The first kappa shape index (κ1) is 11.6. The van der Waals surface area contributed by atoms with Gasteiger partial charge in [0.1, 0.15) is 0 Å². The molecule has 0 aliphatic carbocycles. The Balaban J connectivity index is 2.07. The highest BCUT2D eigenvalue weighted by Gasteiger charge is 2.20. The lowest BCUT2D eigenvalue weighted by Gasteiger charge is -2.18. The van der Waals surface area contributed by atoms with Crippen LogP contribution in [0, 0.1) is 19.8 Å². The highest BCUT2D eigenvalue weighted by molar-refractivity contribution is 5.35. The fourth-order valence-corrected chi connectivity index (χ4v) is 2.43. The van der Waals surface area contributed by atoms with Crippen molar-refractivity contribution in [3.8, 4) is 0 Å². The normalized spacial score (nSPS) is 22.3. The number of hydrogen-bond acceptors (Lipinski definition) is 2. The Bertz CT molecular complexity index is 356. The van der Waals surface area contributed by atoms with E-state index in [-0.39, 0.29) is 6.04 Å². The SMILES string of the molecule is Cc1cccc(C(N)CC2CCOC2)c1C. The van der Waals surface area contributed by atoms with Crippen molar-refractivity contribution in [2.24, 2.45) is 11.7 Å². The van der Waals surface area contributed by atoms with Gasteiger partial charge in [0.15, 0.2) is 0 Å². The molecule has 1 saturated heterocycles. The van der Waals surface area contributed by atoms with E-state index >= 15 is 0 Å². The van der Waals surface area contributed by atoms with Crippen molar-refractivity contribution in [3.05, 3.63) is 34.9 Å². The molecule has 2 atom stereocenters. The monoisotopic (exact) mass is 219 g/mol. The molecule has 1 aliphatic heterocycles. The van der Waals surface area contributed by atoms with Gasteiger partial charge >= 0.3 is 0 Å². The summed E-state index contributed by atoms with van der Waals surface area (Å²) in [7, 11) is 0. The van der Waals surface area contributed by atoms with Crippen LogP contribution >= 0.6 is 0 Å². The minimum atomic E-state index is 0.159. The van der Waals surface area contributed by atoms with Crippen molar-refractivity contribution in [2.45, 2.75) is 32.7 Å². The molecule has 1 aromatic rings. The zero-order chi connectivity index (χ0) is 11.5. The highest BCUT2D eigenvalue weighted by Crippen LogP contribution is 2.27. The van der Waals surface area contributed by atoms with Crippen LogP contribution in [0.3, 0.4) is 0 Å². The molecular weight excluding hydrogens is 198 g/mol. The lowest BCUT2D eigenvalue weighted by molar-refractivity contribution is 0.182. The predicted octanol–water partition coefficient (Wildman–Crippen LogP) is 2.73. The van der Waals surface area contributed by atoms with E-state index in [4.69, 9.17) is 10.5 Å². The molecule has 2 unspecified atom stereocenters. The van der Waals surface area contributed by atoms with Crippen LogP contribution in [0.4, 0.5) is 0 Å². The number of aryl methyl sites for hydroxylation is 1. The average Bonchev–Trinajstić information content (AvgIpc) is 2.74. The van der Waals surface area contributed by atoms with Crippen molar-refractivity contribution >= 4 is 0 Å². The van der Waals surface area contributed by atoms with Crippen molar-refractivity contribution in [1.82, 2.24) is 0 Å². The quantitative estimate of drug-likeness (QED) is 0.848. The molecule has 0 aromatic heterocycles. The molecule has 16 heavy (non-hydrogen) atoms. The summed E-state index contributed by atoms with van der Waals surface area (Å²) in [6.45, 7) is 6.10. The van der Waals surface area contributed by atoms with E-state index < -0.39 is 0 Å². The molecule has 0 bridgehead atoms. The lowest BCUT2D eigenvalue weighted by atomic mass is 9.91. The molecule has 0 saturated carbocycles. The van der Waals surface area contributed by atoms with Gasteiger partial charge in [-0.15, -0.1) is 0 Å². The maximum absolute atomic E-state index is 6.29. The fourth-order valence-electron chi connectivity index (χ4n) is 2.43. The van der Waals surface area contributed by atoms with E-state index in [9.17, 15) is 0 Å². The number of ether oxygens (including phenoxy) is 1. The molecule has 2 heteroatoms. The third-order valence-electron chi connectivity index (χ3n) is 3.66. The second-order valence-corrected chi connectivity index (χ2v) is 4.86. The fraction of sp³-hybridized carbons (Fsp3) is 0.571. The van der Waals surface area contributed by atoms with Gasteiger partial charge < -0.3 is 10.5 Å².